The van der Waals surface area contributed by atoms with E-state index in [1.165, 1.54) is 5.56 Å². The van der Waals surface area contributed by atoms with Crippen molar-refractivity contribution in [1.82, 2.24) is 19.7 Å². The third-order valence-corrected chi connectivity index (χ3v) is 4.81. The molecule has 0 atom stereocenters. The highest BCUT2D eigenvalue weighted by molar-refractivity contribution is 5.94. The Balaban J connectivity index is 1.45. The Bertz CT molecular complexity index is 1110. The number of H-pyrrole nitrogens is 1. The lowest BCUT2D eigenvalue weighted by Crippen LogP contribution is -1.96. The number of fused-ring (bicyclic) bond motifs is 1. The average Bonchev–Trinajstić information content (AvgIpc) is 3.27. The first-order valence-corrected chi connectivity index (χ1v) is 9.15. The van der Waals surface area contributed by atoms with Crippen LogP contribution in [0, 0.1) is 0 Å². The zero-order valence-corrected chi connectivity index (χ0v) is 15.6. The maximum absolute atomic E-state index is 11.5. The lowest BCUT2D eigenvalue weighted by molar-refractivity contribution is 0.101. The number of ketones is 1. The molecule has 4 rings (SSSR count). The molecule has 0 amide bonds. The Hall–Kier alpha value is -3.21. The molecule has 5 nitrogen and oxygen atoms in total. The van der Waals surface area contributed by atoms with E-state index in [9.17, 15) is 4.79 Å². The van der Waals surface area contributed by atoms with E-state index < -0.39 is 0 Å². The average molecular weight is 358 g/mol. The van der Waals surface area contributed by atoms with Crippen LogP contribution in [0.4, 0.5) is 0 Å². The van der Waals surface area contributed by atoms with E-state index in [4.69, 9.17) is 0 Å². The fourth-order valence-corrected chi connectivity index (χ4v) is 3.34. The summed E-state index contributed by atoms with van der Waals surface area (Å²) in [5.41, 5.74) is 6.27. The zero-order chi connectivity index (χ0) is 18.8. The van der Waals surface area contributed by atoms with Gasteiger partial charge in [0.2, 0.25) is 0 Å². The van der Waals surface area contributed by atoms with Gasteiger partial charge in [0, 0.05) is 52.9 Å². The molecular formula is C22H22N4O. The summed E-state index contributed by atoms with van der Waals surface area (Å²) in [4.78, 5) is 19.6. The van der Waals surface area contributed by atoms with Crippen molar-refractivity contribution < 1.29 is 4.79 Å². The number of hydrogen-bond donors (Lipinski definition) is 1. The SMILES string of the molecule is CC(=O)c1cccc(CCCc2cc3[nH]c(-c4cnn(C)c4)cc3cn2)c1. The lowest BCUT2D eigenvalue weighted by Gasteiger charge is -2.04. The van der Waals surface area contributed by atoms with E-state index in [1.807, 2.05) is 43.8 Å². The molecule has 5 heteroatoms. The van der Waals surface area contributed by atoms with Crippen LogP contribution in [-0.4, -0.2) is 25.5 Å². The molecule has 3 aromatic heterocycles. The van der Waals surface area contributed by atoms with Crippen molar-refractivity contribution in [2.45, 2.75) is 26.2 Å². The lowest BCUT2D eigenvalue weighted by atomic mass is 10.0. The zero-order valence-electron chi connectivity index (χ0n) is 15.6. The van der Waals surface area contributed by atoms with E-state index in [0.717, 1.165) is 52.7 Å². The van der Waals surface area contributed by atoms with Crippen molar-refractivity contribution in [3.8, 4) is 11.3 Å². The van der Waals surface area contributed by atoms with Crippen LogP contribution in [0.15, 0.2) is 55.0 Å². The van der Waals surface area contributed by atoms with Crippen LogP contribution in [0.3, 0.4) is 0 Å². The highest BCUT2D eigenvalue weighted by atomic mass is 16.1. The fourth-order valence-electron chi connectivity index (χ4n) is 3.34. The number of nitrogens with zero attached hydrogens (tertiary/aromatic N) is 3. The number of nitrogens with one attached hydrogen (secondary N) is 1. The van der Waals surface area contributed by atoms with Crippen LogP contribution in [0.5, 0.6) is 0 Å². The summed E-state index contributed by atoms with van der Waals surface area (Å²) in [5, 5.41) is 5.33. The summed E-state index contributed by atoms with van der Waals surface area (Å²) in [5.74, 6) is 0.111. The normalized spacial score (nSPS) is 11.2. The molecule has 0 aliphatic heterocycles. The van der Waals surface area contributed by atoms with Gasteiger partial charge in [-0.25, -0.2) is 0 Å². The van der Waals surface area contributed by atoms with Crippen molar-refractivity contribution in [3.63, 3.8) is 0 Å². The molecule has 0 unspecified atom stereocenters. The number of aromatic amines is 1. The molecule has 0 aliphatic rings. The highest BCUT2D eigenvalue weighted by Crippen LogP contribution is 2.24. The summed E-state index contributed by atoms with van der Waals surface area (Å²) in [7, 11) is 1.91. The van der Waals surface area contributed by atoms with Gasteiger partial charge >= 0.3 is 0 Å². The molecule has 0 aliphatic carbocycles. The first-order valence-electron chi connectivity index (χ1n) is 9.15. The van der Waals surface area contributed by atoms with Gasteiger partial charge in [0.1, 0.15) is 0 Å². The van der Waals surface area contributed by atoms with Gasteiger partial charge in [-0.3, -0.25) is 14.5 Å². The molecule has 0 saturated heterocycles. The molecular weight excluding hydrogens is 336 g/mol. The van der Waals surface area contributed by atoms with Gasteiger partial charge in [-0.15, -0.1) is 0 Å². The molecule has 0 radical (unpaired) electrons. The second kappa shape index (κ2) is 7.19. The summed E-state index contributed by atoms with van der Waals surface area (Å²) in [6.45, 7) is 1.61. The molecule has 0 spiro atoms. The smallest absolute Gasteiger partial charge is 0.159 e. The number of aryl methyl sites for hydroxylation is 3. The summed E-state index contributed by atoms with van der Waals surface area (Å²) in [6, 6.07) is 12.1. The molecule has 27 heavy (non-hydrogen) atoms. The van der Waals surface area contributed by atoms with E-state index in [0.29, 0.717) is 0 Å². The summed E-state index contributed by atoms with van der Waals surface area (Å²) < 4.78 is 1.80. The van der Waals surface area contributed by atoms with E-state index in [2.05, 4.69) is 33.3 Å². The number of benzene rings is 1. The molecule has 0 fully saturated rings. The number of aromatic nitrogens is 4. The topological polar surface area (TPSA) is 63.6 Å². The summed E-state index contributed by atoms with van der Waals surface area (Å²) in [6.07, 6.45) is 8.61. The van der Waals surface area contributed by atoms with Crippen molar-refractivity contribution in [3.05, 3.63) is 71.8 Å². The van der Waals surface area contributed by atoms with Crippen LogP contribution < -0.4 is 0 Å². The standard InChI is InChI=1S/C22H22N4O/c1-15(27)17-7-3-5-16(9-17)6-4-8-20-11-22-18(12-23-20)10-21(25-22)19-13-24-26(2)14-19/h3,5,7,9-14,25H,4,6,8H2,1-2H3. The first-order chi connectivity index (χ1) is 13.1. The molecule has 136 valence electrons. The first kappa shape index (κ1) is 17.2. The van der Waals surface area contributed by atoms with E-state index >= 15 is 0 Å². The minimum absolute atomic E-state index is 0.111. The highest BCUT2D eigenvalue weighted by Gasteiger charge is 2.07. The Labute approximate surface area is 158 Å². The van der Waals surface area contributed by atoms with Gasteiger partial charge in [-0.1, -0.05) is 18.2 Å². The molecule has 1 N–H and O–H groups in total. The van der Waals surface area contributed by atoms with Gasteiger partial charge in [0.05, 0.1) is 6.20 Å². The number of rotatable bonds is 6. The van der Waals surface area contributed by atoms with Crippen molar-refractivity contribution in [2.75, 3.05) is 0 Å². The number of Topliss-reactive ketones (excluding diaryl/α,β-unsaturated/α-hetero) is 1. The molecule has 0 saturated carbocycles. The van der Waals surface area contributed by atoms with Gasteiger partial charge < -0.3 is 4.98 Å². The van der Waals surface area contributed by atoms with Crippen molar-refractivity contribution in [2.24, 2.45) is 7.05 Å². The second-order valence-corrected chi connectivity index (χ2v) is 6.96. The fraction of sp³-hybridized carbons (Fsp3) is 0.227. The number of carbonyl (C=O) groups excluding carboxylic acids is 1. The van der Waals surface area contributed by atoms with Gasteiger partial charge in [0.25, 0.3) is 0 Å². The maximum atomic E-state index is 11.5. The number of pyridine rings is 1. The van der Waals surface area contributed by atoms with E-state index in [-0.39, 0.29) is 5.78 Å². The van der Waals surface area contributed by atoms with Gasteiger partial charge in [-0.2, -0.15) is 5.10 Å². The monoisotopic (exact) mass is 358 g/mol. The Morgan fingerprint density at radius 3 is 2.81 bits per heavy atom. The minimum atomic E-state index is 0.111. The van der Waals surface area contributed by atoms with Crippen molar-refractivity contribution >= 4 is 16.7 Å². The van der Waals surface area contributed by atoms with Crippen LogP contribution in [0.25, 0.3) is 22.2 Å². The molecule has 4 aromatic rings. The van der Waals surface area contributed by atoms with Gasteiger partial charge in [0.15, 0.2) is 5.78 Å². The quantitative estimate of drug-likeness (QED) is 0.522. The maximum Gasteiger partial charge on any atom is 0.159 e. The van der Waals surface area contributed by atoms with Crippen LogP contribution >= 0.6 is 0 Å². The summed E-state index contributed by atoms with van der Waals surface area (Å²) >= 11 is 0. The predicted molar refractivity (Wildman–Crippen MR) is 107 cm³/mol. The Morgan fingerprint density at radius 1 is 1.15 bits per heavy atom. The largest absolute Gasteiger partial charge is 0.354 e. The van der Waals surface area contributed by atoms with Crippen LogP contribution in [0.2, 0.25) is 0 Å². The third kappa shape index (κ3) is 3.82. The predicted octanol–water partition coefficient (Wildman–Crippen LogP) is 4.34. The second-order valence-electron chi connectivity index (χ2n) is 6.96. The minimum Gasteiger partial charge on any atom is -0.354 e. The van der Waals surface area contributed by atoms with Crippen LogP contribution in [-0.2, 0) is 19.9 Å². The van der Waals surface area contributed by atoms with E-state index in [1.54, 1.807) is 11.6 Å². The number of carbonyl (C=O) groups is 1. The van der Waals surface area contributed by atoms with Crippen LogP contribution in [0.1, 0.15) is 35.0 Å². The molecule has 0 bridgehead atoms. The Morgan fingerprint density at radius 2 is 2.04 bits per heavy atom. The molecule has 1 aromatic carbocycles. The van der Waals surface area contributed by atoms with Gasteiger partial charge in [-0.05, 0) is 49.9 Å². The number of hydrogen-bond acceptors (Lipinski definition) is 3. The Kier molecular flexibility index (Phi) is 4.59. The van der Waals surface area contributed by atoms with Crippen molar-refractivity contribution in [1.29, 1.82) is 0 Å². The third-order valence-electron chi connectivity index (χ3n) is 4.81. The molecule has 3 heterocycles.